The van der Waals surface area contributed by atoms with Crippen molar-refractivity contribution < 1.29 is 13.2 Å². The van der Waals surface area contributed by atoms with Gasteiger partial charge in [0, 0.05) is 26.7 Å². The van der Waals surface area contributed by atoms with Gasteiger partial charge in [-0.3, -0.25) is 4.79 Å². The van der Waals surface area contributed by atoms with Crippen LogP contribution in [0.4, 0.5) is 0 Å². The number of sulfonamides is 1. The van der Waals surface area contributed by atoms with Gasteiger partial charge in [0.2, 0.25) is 15.9 Å². The van der Waals surface area contributed by atoms with Crippen LogP contribution in [0, 0.1) is 5.92 Å². The van der Waals surface area contributed by atoms with Gasteiger partial charge in [0.25, 0.3) is 0 Å². The molecule has 156 valence electrons. The van der Waals surface area contributed by atoms with Crippen LogP contribution in [0.25, 0.3) is 0 Å². The van der Waals surface area contributed by atoms with Crippen molar-refractivity contribution in [2.75, 3.05) is 20.1 Å². The fraction of sp³-hybridized carbons (Fsp3) is 0.381. The van der Waals surface area contributed by atoms with Crippen molar-refractivity contribution in [3.63, 3.8) is 0 Å². The number of piperidine rings is 1. The molecule has 1 atom stereocenters. The molecule has 0 saturated carbocycles. The molecule has 1 heterocycles. The van der Waals surface area contributed by atoms with Crippen LogP contribution < -0.4 is 0 Å². The minimum absolute atomic E-state index is 0.0247. The molecule has 8 heteroatoms. The first-order valence-electron chi connectivity index (χ1n) is 9.47. The summed E-state index contributed by atoms with van der Waals surface area (Å²) in [5, 5.41) is 0.714. The van der Waals surface area contributed by atoms with E-state index in [1.165, 1.54) is 4.31 Å². The van der Waals surface area contributed by atoms with E-state index < -0.39 is 10.0 Å². The number of hydrogen-bond acceptors (Lipinski definition) is 3. The van der Waals surface area contributed by atoms with Crippen LogP contribution in [0.3, 0.4) is 0 Å². The summed E-state index contributed by atoms with van der Waals surface area (Å²) in [6.07, 6.45) is 1.35. The molecular weight excluding hydrogens is 431 g/mol. The Hall–Kier alpha value is -1.60. The number of nitrogens with zero attached hydrogens (tertiary/aromatic N) is 2. The molecule has 1 aliphatic rings. The number of rotatable bonds is 6. The Labute approximate surface area is 182 Å². The highest BCUT2D eigenvalue weighted by Gasteiger charge is 2.33. The Morgan fingerprint density at radius 3 is 2.52 bits per heavy atom. The van der Waals surface area contributed by atoms with Gasteiger partial charge >= 0.3 is 0 Å². The van der Waals surface area contributed by atoms with E-state index >= 15 is 0 Å². The first-order chi connectivity index (χ1) is 13.8. The lowest BCUT2D eigenvalue weighted by atomic mass is 9.98. The number of hydrogen-bond donors (Lipinski definition) is 0. The van der Waals surface area contributed by atoms with Crippen LogP contribution in [-0.2, 0) is 27.1 Å². The summed E-state index contributed by atoms with van der Waals surface area (Å²) < 4.78 is 27.2. The van der Waals surface area contributed by atoms with Gasteiger partial charge in [-0.15, -0.1) is 0 Å². The monoisotopic (exact) mass is 454 g/mol. The van der Waals surface area contributed by atoms with E-state index in [1.807, 2.05) is 30.3 Å². The predicted molar refractivity (Wildman–Crippen MR) is 116 cm³/mol. The van der Waals surface area contributed by atoms with Crippen LogP contribution >= 0.6 is 23.2 Å². The molecule has 0 unspecified atom stereocenters. The maximum absolute atomic E-state index is 12.9. The van der Waals surface area contributed by atoms with Crippen molar-refractivity contribution in [2.24, 2.45) is 5.92 Å². The molecule has 1 amide bonds. The summed E-state index contributed by atoms with van der Waals surface area (Å²) in [6.45, 7) is 1.14. The third-order valence-electron chi connectivity index (χ3n) is 5.10. The maximum atomic E-state index is 12.9. The first kappa shape index (κ1) is 22.1. The molecule has 0 radical (unpaired) electrons. The zero-order valence-electron chi connectivity index (χ0n) is 16.2. The van der Waals surface area contributed by atoms with Crippen molar-refractivity contribution >= 4 is 39.1 Å². The largest absolute Gasteiger partial charge is 0.341 e. The van der Waals surface area contributed by atoms with Gasteiger partial charge in [0.15, 0.2) is 0 Å². The van der Waals surface area contributed by atoms with Crippen LogP contribution in [0.1, 0.15) is 24.0 Å². The van der Waals surface area contributed by atoms with E-state index in [9.17, 15) is 13.2 Å². The SMILES string of the molecule is CN(Cc1ccccc1)C(=O)[C@H]1CCCN(S(=O)(=O)Cc2ccc(Cl)c(Cl)c2)C1. The normalized spacial score (nSPS) is 17.8. The van der Waals surface area contributed by atoms with Gasteiger partial charge < -0.3 is 4.90 Å². The average molecular weight is 455 g/mol. The highest BCUT2D eigenvalue weighted by molar-refractivity contribution is 7.88. The molecule has 0 bridgehead atoms. The quantitative estimate of drug-likeness (QED) is 0.656. The molecule has 29 heavy (non-hydrogen) atoms. The number of carbonyl (C=O) groups is 1. The summed E-state index contributed by atoms with van der Waals surface area (Å²) in [7, 11) is -1.79. The second-order valence-corrected chi connectivity index (χ2v) is 10.2. The second kappa shape index (κ2) is 9.47. The zero-order valence-corrected chi connectivity index (χ0v) is 18.6. The summed E-state index contributed by atoms with van der Waals surface area (Å²) in [5.41, 5.74) is 1.62. The first-order valence-corrected chi connectivity index (χ1v) is 11.8. The number of halogens is 2. The van der Waals surface area contributed by atoms with Crippen molar-refractivity contribution in [3.8, 4) is 0 Å². The minimum atomic E-state index is -3.56. The fourth-order valence-electron chi connectivity index (χ4n) is 3.57. The van der Waals surface area contributed by atoms with E-state index in [-0.39, 0.29) is 24.1 Å². The molecular formula is C21H24Cl2N2O3S. The lowest BCUT2D eigenvalue weighted by molar-refractivity contribution is -0.135. The van der Waals surface area contributed by atoms with Gasteiger partial charge in [0.05, 0.1) is 21.7 Å². The standard InChI is InChI=1S/C21H24Cl2N2O3S/c1-24(13-16-6-3-2-4-7-16)21(26)18-8-5-11-25(14-18)29(27,28)15-17-9-10-19(22)20(23)12-17/h2-4,6-7,9-10,12,18H,5,8,11,13-15H2,1H3/t18-/m0/s1. The van der Waals surface area contributed by atoms with Crippen LogP contribution in [0.15, 0.2) is 48.5 Å². The van der Waals surface area contributed by atoms with E-state index in [4.69, 9.17) is 23.2 Å². The van der Waals surface area contributed by atoms with Crippen LogP contribution in [-0.4, -0.2) is 43.7 Å². The topological polar surface area (TPSA) is 57.7 Å². The number of amides is 1. The fourth-order valence-corrected chi connectivity index (χ4v) is 5.49. The predicted octanol–water partition coefficient (Wildman–Crippen LogP) is 4.19. The molecule has 1 fully saturated rings. The molecule has 2 aromatic carbocycles. The van der Waals surface area contributed by atoms with Crippen molar-refractivity contribution in [1.82, 2.24) is 9.21 Å². The summed E-state index contributed by atoms with van der Waals surface area (Å²) >= 11 is 11.9. The minimum Gasteiger partial charge on any atom is -0.341 e. The Morgan fingerprint density at radius 1 is 1.10 bits per heavy atom. The van der Waals surface area contributed by atoms with Gasteiger partial charge in [-0.25, -0.2) is 12.7 Å². The summed E-state index contributed by atoms with van der Waals surface area (Å²) in [6, 6.07) is 14.6. The molecule has 1 aliphatic heterocycles. The van der Waals surface area contributed by atoms with Crippen molar-refractivity contribution in [1.29, 1.82) is 0 Å². The van der Waals surface area contributed by atoms with Gasteiger partial charge in [-0.2, -0.15) is 0 Å². The Bertz CT molecular complexity index is 967. The van der Waals surface area contributed by atoms with Gasteiger partial charge in [0.1, 0.15) is 0 Å². The highest BCUT2D eigenvalue weighted by atomic mass is 35.5. The Balaban J connectivity index is 1.65. The van der Waals surface area contributed by atoms with E-state index in [0.29, 0.717) is 41.5 Å². The molecule has 0 aromatic heterocycles. The van der Waals surface area contributed by atoms with Gasteiger partial charge in [-0.05, 0) is 36.1 Å². The third-order valence-corrected chi connectivity index (χ3v) is 7.65. The van der Waals surface area contributed by atoms with Crippen molar-refractivity contribution in [2.45, 2.75) is 25.1 Å². The number of carbonyl (C=O) groups excluding carboxylic acids is 1. The number of benzene rings is 2. The zero-order chi connectivity index (χ0) is 21.0. The molecule has 0 spiro atoms. The lowest BCUT2D eigenvalue weighted by Gasteiger charge is -2.33. The molecule has 0 N–H and O–H groups in total. The Morgan fingerprint density at radius 2 is 1.83 bits per heavy atom. The second-order valence-electron chi connectivity index (χ2n) is 7.38. The smallest absolute Gasteiger partial charge is 0.227 e. The highest BCUT2D eigenvalue weighted by Crippen LogP contribution is 2.26. The lowest BCUT2D eigenvalue weighted by Crippen LogP contribution is -2.46. The van der Waals surface area contributed by atoms with E-state index in [0.717, 1.165) is 5.56 Å². The molecule has 5 nitrogen and oxygen atoms in total. The summed E-state index contributed by atoms with van der Waals surface area (Å²) in [4.78, 5) is 14.6. The summed E-state index contributed by atoms with van der Waals surface area (Å²) in [5.74, 6) is -0.519. The van der Waals surface area contributed by atoms with Crippen molar-refractivity contribution in [3.05, 3.63) is 69.7 Å². The Kier molecular flexibility index (Phi) is 7.22. The van der Waals surface area contributed by atoms with Crippen LogP contribution in [0.5, 0.6) is 0 Å². The van der Waals surface area contributed by atoms with E-state index in [1.54, 1.807) is 30.1 Å². The molecule has 3 rings (SSSR count). The van der Waals surface area contributed by atoms with Crippen LogP contribution in [0.2, 0.25) is 10.0 Å². The van der Waals surface area contributed by atoms with E-state index in [2.05, 4.69) is 0 Å². The van der Waals surface area contributed by atoms with Gasteiger partial charge in [-0.1, -0.05) is 59.6 Å². The average Bonchev–Trinajstić information content (AvgIpc) is 2.71. The molecule has 0 aliphatic carbocycles. The third kappa shape index (κ3) is 5.72. The molecule has 2 aromatic rings. The molecule has 1 saturated heterocycles. The maximum Gasteiger partial charge on any atom is 0.227 e.